The van der Waals surface area contributed by atoms with E-state index in [0.717, 1.165) is 28.3 Å². The van der Waals surface area contributed by atoms with E-state index in [1.165, 1.54) is 0 Å². The largest absolute Gasteiger partial charge is 0.338 e. The molecule has 1 amide bonds. The van der Waals surface area contributed by atoms with Crippen molar-refractivity contribution in [1.29, 1.82) is 0 Å². The maximum Gasteiger partial charge on any atom is 0.255 e. The maximum absolute atomic E-state index is 13.1. The number of amides is 1. The summed E-state index contributed by atoms with van der Waals surface area (Å²) in [5.41, 5.74) is 2.23. The summed E-state index contributed by atoms with van der Waals surface area (Å²) in [6.45, 7) is 5.90. The number of hydrogen-bond acceptors (Lipinski definition) is 5. The molecule has 3 heterocycles. The van der Waals surface area contributed by atoms with Gasteiger partial charge in [0.2, 0.25) is 5.95 Å². The second-order valence-electron chi connectivity index (χ2n) is 7.61. The van der Waals surface area contributed by atoms with Gasteiger partial charge in [0.05, 0.1) is 16.1 Å². The van der Waals surface area contributed by atoms with Crippen LogP contribution in [0.15, 0.2) is 48.5 Å². The zero-order chi connectivity index (χ0) is 20.8. The zero-order valence-electron chi connectivity index (χ0n) is 16.8. The average Bonchev–Trinajstić information content (AvgIpc) is 3.15. The van der Waals surface area contributed by atoms with E-state index < -0.39 is 0 Å². The lowest BCUT2D eigenvalue weighted by Gasteiger charge is -2.40. The van der Waals surface area contributed by atoms with Crippen LogP contribution in [-0.2, 0) is 0 Å². The van der Waals surface area contributed by atoms with E-state index in [-0.39, 0.29) is 11.9 Å². The van der Waals surface area contributed by atoms with E-state index in [4.69, 9.17) is 16.6 Å². The number of benzene rings is 2. The molecule has 2 aromatic carbocycles. The number of carbonyl (C=O) groups is 1. The molecule has 1 saturated heterocycles. The molecular formula is C22H21ClN6O. The second kappa shape index (κ2) is 7.25. The van der Waals surface area contributed by atoms with Crippen molar-refractivity contribution in [2.75, 3.05) is 24.5 Å². The summed E-state index contributed by atoms with van der Waals surface area (Å²) in [4.78, 5) is 22.1. The molecule has 7 nitrogen and oxygen atoms in total. The minimum Gasteiger partial charge on any atom is -0.338 e. The van der Waals surface area contributed by atoms with Crippen LogP contribution in [0.4, 0.5) is 5.95 Å². The molecule has 2 aromatic heterocycles. The fourth-order valence-electron chi connectivity index (χ4n) is 4.14. The van der Waals surface area contributed by atoms with Crippen LogP contribution in [0.1, 0.15) is 23.1 Å². The molecule has 0 bridgehead atoms. The van der Waals surface area contributed by atoms with Gasteiger partial charge in [0, 0.05) is 31.1 Å². The topological polar surface area (TPSA) is 66.6 Å². The van der Waals surface area contributed by atoms with Crippen LogP contribution in [-0.4, -0.2) is 56.1 Å². The Labute approximate surface area is 178 Å². The van der Waals surface area contributed by atoms with Crippen LogP contribution in [0.25, 0.3) is 16.6 Å². The lowest BCUT2D eigenvalue weighted by atomic mass is 10.1. The quantitative estimate of drug-likeness (QED) is 0.495. The smallest absolute Gasteiger partial charge is 0.255 e. The molecular weight excluding hydrogens is 400 g/mol. The first kappa shape index (κ1) is 18.8. The fourth-order valence-corrected chi connectivity index (χ4v) is 4.35. The van der Waals surface area contributed by atoms with E-state index in [9.17, 15) is 4.79 Å². The van der Waals surface area contributed by atoms with Crippen LogP contribution in [0.3, 0.4) is 0 Å². The first-order chi connectivity index (χ1) is 14.5. The number of rotatable bonds is 2. The Hall–Kier alpha value is -3.19. The van der Waals surface area contributed by atoms with Gasteiger partial charge >= 0.3 is 0 Å². The summed E-state index contributed by atoms with van der Waals surface area (Å²) in [6, 6.07) is 15.2. The highest BCUT2D eigenvalue weighted by molar-refractivity contribution is 6.33. The molecule has 30 heavy (non-hydrogen) atoms. The van der Waals surface area contributed by atoms with Crippen LogP contribution in [0.5, 0.6) is 0 Å². The predicted molar refractivity (Wildman–Crippen MR) is 117 cm³/mol. The van der Waals surface area contributed by atoms with Crippen molar-refractivity contribution < 1.29 is 4.79 Å². The lowest BCUT2D eigenvalue weighted by molar-refractivity contribution is 0.0673. The number of nitrogens with zero attached hydrogens (tertiary/aromatic N) is 6. The molecule has 0 aliphatic carbocycles. The van der Waals surface area contributed by atoms with E-state index in [1.807, 2.05) is 52.6 Å². The maximum atomic E-state index is 13.1. The molecule has 0 N–H and O–H groups in total. The Kier molecular flexibility index (Phi) is 4.55. The molecule has 1 aliphatic rings. The summed E-state index contributed by atoms with van der Waals surface area (Å²) < 4.78 is 2.00. The Bertz CT molecular complexity index is 1270. The van der Waals surface area contributed by atoms with Crippen LogP contribution >= 0.6 is 11.6 Å². The SMILES string of the molecule is Cc1nnc2c3ccccc3nc(N3CCN(C(=O)c4ccccc4Cl)C(C)C3)n12. The summed E-state index contributed by atoms with van der Waals surface area (Å²) in [5.74, 6) is 1.56. The summed E-state index contributed by atoms with van der Waals surface area (Å²) in [6.07, 6.45) is 0. The highest BCUT2D eigenvalue weighted by atomic mass is 35.5. The molecule has 1 aliphatic heterocycles. The van der Waals surface area contributed by atoms with Crippen molar-refractivity contribution in [2.24, 2.45) is 0 Å². The van der Waals surface area contributed by atoms with E-state index in [2.05, 4.69) is 22.0 Å². The highest BCUT2D eigenvalue weighted by Gasteiger charge is 2.31. The van der Waals surface area contributed by atoms with Gasteiger partial charge in [-0.15, -0.1) is 10.2 Å². The highest BCUT2D eigenvalue weighted by Crippen LogP contribution is 2.26. The van der Waals surface area contributed by atoms with Crippen molar-refractivity contribution in [3.05, 3.63) is 64.9 Å². The molecule has 5 rings (SSSR count). The Morgan fingerprint density at radius 3 is 2.63 bits per heavy atom. The second-order valence-corrected chi connectivity index (χ2v) is 8.02. The number of hydrogen-bond donors (Lipinski definition) is 0. The number of aryl methyl sites for hydroxylation is 1. The van der Waals surface area contributed by atoms with Crippen molar-refractivity contribution in [3.63, 3.8) is 0 Å². The normalized spacial score (nSPS) is 17.1. The molecule has 0 radical (unpaired) electrons. The summed E-state index contributed by atoms with van der Waals surface area (Å²) >= 11 is 6.25. The molecule has 0 saturated carbocycles. The van der Waals surface area contributed by atoms with Crippen molar-refractivity contribution in [2.45, 2.75) is 19.9 Å². The lowest BCUT2D eigenvalue weighted by Crippen LogP contribution is -2.54. The summed E-state index contributed by atoms with van der Waals surface area (Å²) in [7, 11) is 0. The third-order valence-corrected chi connectivity index (χ3v) is 6.00. The van der Waals surface area contributed by atoms with Gasteiger partial charge in [0.15, 0.2) is 5.65 Å². The first-order valence-electron chi connectivity index (χ1n) is 9.95. The first-order valence-corrected chi connectivity index (χ1v) is 10.3. The van der Waals surface area contributed by atoms with Crippen LogP contribution < -0.4 is 4.90 Å². The molecule has 1 fully saturated rings. The van der Waals surface area contributed by atoms with Crippen molar-refractivity contribution >= 4 is 40.0 Å². The van der Waals surface area contributed by atoms with Crippen molar-refractivity contribution in [3.8, 4) is 0 Å². The monoisotopic (exact) mass is 420 g/mol. The number of para-hydroxylation sites is 1. The Morgan fingerprint density at radius 1 is 1.07 bits per heavy atom. The number of halogens is 1. The van der Waals surface area contributed by atoms with Gasteiger partial charge < -0.3 is 9.80 Å². The molecule has 8 heteroatoms. The number of aromatic nitrogens is 4. The van der Waals surface area contributed by atoms with E-state index >= 15 is 0 Å². The molecule has 1 unspecified atom stereocenters. The zero-order valence-corrected chi connectivity index (χ0v) is 17.5. The van der Waals surface area contributed by atoms with Gasteiger partial charge in [0.25, 0.3) is 5.91 Å². The molecule has 152 valence electrons. The standard InChI is InChI=1S/C22H21ClN6O/c1-14-13-27(11-12-28(14)21(30)16-7-3-5-9-18(16)23)22-24-19-10-6-4-8-17(19)20-26-25-15(2)29(20)22/h3-10,14H,11-13H2,1-2H3. The third-order valence-electron chi connectivity index (χ3n) is 5.67. The minimum absolute atomic E-state index is 0.00244. The van der Waals surface area contributed by atoms with Gasteiger partial charge in [-0.25, -0.2) is 9.38 Å². The van der Waals surface area contributed by atoms with Crippen LogP contribution in [0, 0.1) is 6.92 Å². The number of anilines is 1. The number of fused-ring (bicyclic) bond motifs is 3. The average molecular weight is 421 g/mol. The van der Waals surface area contributed by atoms with Gasteiger partial charge in [-0.3, -0.25) is 4.79 Å². The summed E-state index contributed by atoms with van der Waals surface area (Å²) in [5, 5.41) is 10.1. The Balaban J connectivity index is 1.49. The predicted octanol–water partition coefficient (Wildman–Crippen LogP) is 3.59. The molecule has 0 spiro atoms. The third kappa shape index (κ3) is 2.97. The van der Waals surface area contributed by atoms with E-state index in [1.54, 1.807) is 12.1 Å². The van der Waals surface area contributed by atoms with Gasteiger partial charge in [-0.2, -0.15) is 0 Å². The van der Waals surface area contributed by atoms with Gasteiger partial charge in [-0.05, 0) is 38.1 Å². The van der Waals surface area contributed by atoms with Gasteiger partial charge in [-0.1, -0.05) is 35.9 Å². The van der Waals surface area contributed by atoms with Gasteiger partial charge in [0.1, 0.15) is 5.82 Å². The van der Waals surface area contributed by atoms with Crippen LogP contribution in [0.2, 0.25) is 5.02 Å². The number of piperazine rings is 1. The van der Waals surface area contributed by atoms with Crippen molar-refractivity contribution in [1.82, 2.24) is 24.5 Å². The number of carbonyl (C=O) groups excluding carboxylic acids is 1. The molecule has 4 aromatic rings. The minimum atomic E-state index is -0.0372. The Morgan fingerprint density at radius 2 is 1.83 bits per heavy atom. The van der Waals surface area contributed by atoms with E-state index in [0.29, 0.717) is 30.2 Å². The molecule has 1 atom stereocenters. The fraction of sp³-hybridized carbons (Fsp3) is 0.273.